The van der Waals surface area contributed by atoms with Crippen LogP contribution in [0.25, 0.3) is 22.4 Å². The SMILES string of the molecule is O=C(O)c1[nH]c(=S)[nH]c1-c1ccc2ncoc2c1. The second kappa shape index (κ2) is 3.81. The van der Waals surface area contributed by atoms with E-state index in [9.17, 15) is 4.79 Å². The van der Waals surface area contributed by atoms with Crippen LogP contribution in [0.2, 0.25) is 0 Å². The minimum absolute atomic E-state index is 0.0267. The predicted molar refractivity (Wildman–Crippen MR) is 65.9 cm³/mol. The monoisotopic (exact) mass is 261 g/mol. The van der Waals surface area contributed by atoms with Gasteiger partial charge in [0.15, 0.2) is 22.4 Å². The molecule has 0 unspecified atom stereocenters. The molecule has 90 valence electrons. The first-order valence-electron chi connectivity index (χ1n) is 5.04. The summed E-state index contributed by atoms with van der Waals surface area (Å²) in [5, 5.41) is 9.08. The molecule has 3 rings (SSSR count). The smallest absolute Gasteiger partial charge is 0.354 e. The summed E-state index contributed by atoms with van der Waals surface area (Å²) in [6.07, 6.45) is 1.34. The summed E-state index contributed by atoms with van der Waals surface area (Å²) < 4.78 is 5.44. The quantitative estimate of drug-likeness (QED) is 0.616. The summed E-state index contributed by atoms with van der Waals surface area (Å²) in [7, 11) is 0. The van der Waals surface area contributed by atoms with Gasteiger partial charge >= 0.3 is 5.97 Å². The van der Waals surface area contributed by atoms with Crippen molar-refractivity contribution in [3.8, 4) is 11.3 Å². The number of rotatable bonds is 2. The normalized spacial score (nSPS) is 10.9. The summed E-state index contributed by atoms with van der Waals surface area (Å²) in [6.45, 7) is 0. The highest BCUT2D eigenvalue weighted by atomic mass is 32.1. The van der Waals surface area contributed by atoms with Crippen LogP contribution in [-0.2, 0) is 0 Å². The van der Waals surface area contributed by atoms with Crippen molar-refractivity contribution in [2.45, 2.75) is 0 Å². The van der Waals surface area contributed by atoms with E-state index in [1.807, 2.05) is 0 Å². The second-order valence-corrected chi connectivity index (χ2v) is 4.08. The average Bonchev–Trinajstić information content (AvgIpc) is 2.93. The van der Waals surface area contributed by atoms with Crippen LogP contribution < -0.4 is 0 Å². The predicted octanol–water partition coefficient (Wildman–Crippen LogP) is 2.58. The summed E-state index contributed by atoms with van der Waals surface area (Å²) >= 11 is 4.91. The van der Waals surface area contributed by atoms with Crippen LogP contribution in [-0.4, -0.2) is 26.0 Å². The number of hydrogen-bond acceptors (Lipinski definition) is 4. The molecule has 2 heterocycles. The van der Waals surface area contributed by atoms with Crippen LogP contribution in [0.15, 0.2) is 29.0 Å². The number of carboxylic acids is 1. The van der Waals surface area contributed by atoms with Gasteiger partial charge in [-0.3, -0.25) is 0 Å². The maximum atomic E-state index is 11.1. The molecule has 0 atom stereocenters. The molecule has 0 aliphatic carbocycles. The maximum absolute atomic E-state index is 11.1. The van der Waals surface area contributed by atoms with Gasteiger partial charge in [-0.2, -0.15) is 0 Å². The van der Waals surface area contributed by atoms with Gasteiger partial charge in [-0.25, -0.2) is 9.78 Å². The summed E-state index contributed by atoms with van der Waals surface area (Å²) in [6, 6.07) is 5.22. The third kappa shape index (κ3) is 1.61. The molecule has 0 aliphatic rings. The Hall–Kier alpha value is -2.41. The number of aromatic amines is 2. The lowest BCUT2D eigenvalue weighted by atomic mass is 10.1. The van der Waals surface area contributed by atoms with Crippen molar-refractivity contribution >= 4 is 29.3 Å². The van der Waals surface area contributed by atoms with Crippen LogP contribution >= 0.6 is 12.2 Å². The van der Waals surface area contributed by atoms with E-state index in [-0.39, 0.29) is 10.5 Å². The number of aromatic carboxylic acids is 1. The number of H-pyrrole nitrogens is 2. The van der Waals surface area contributed by atoms with Crippen molar-refractivity contribution in [1.29, 1.82) is 0 Å². The standard InChI is InChI=1S/C11H7N3O3S/c15-10(16)9-8(13-11(18)14-9)5-1-2-6-7(3-5)17-4-12-6/h1-4H,(H,15,16)(H2,13,14,18). The van der Waals surface area contributed by atoms with Gasteiger partial charge in [0.2, 0.25) is 0 Å². The first-order valence-corrected chi connectivity index (χ1v) is 5.45. The molecular weight excluding hydrogens is 254 g/mol. The zero-order chi connectivity index (χ0) is 12.7. The van der Waals surface area contributed by atoms with Crippen molar-refractivity contribution in [3.63, 3.8) is 0 Å². The lowest BCUT2D eigenvalue weighted by Gasteiger charge is -1.99. The lowest BCUT2D eigenvalue weighted by Crippen LogP contribution is -1.99. The Labute approximate surface area is 105 Å². The molecule has 0 amide bonds. The average molecular weight is 261 g/mol. The fourth-order valence-corrected chi connectivity index (χ4v) is 1.97. The molecule has 0 aliphatic heterocycles. The molecule has 1 aromatic carbocycles. The zero-order valence-electron chi connectivity index (χ0n) is 8.93. The number of nitrogens with zero attached hydrogens (tertiary/aromatic N) is 1. The number of aromatic nitrogens is 3. The molecule has 0 bridgehead atoms. The van der Waals surface area contributed by atoms with E-state index >= 15 is 0 Å². The number of fused-ring (bicyclic) bond motifs is 1. The van der Waals surface area contributed by atoms with Crippen molar-refractivity contribution in [2.75, 3.05) is 0 Å². The Morgan fingerprint density at radius 1 is 1.39 bits per heavy atom. The fourth-order valence-electron chi connectivity index (χ4n) is 1.77. The first-order chi connectivity index (χ1) is 8.65. The largest absolute Gasteiger partial charge is 0.477 e. The number of nitrogens with one attached hydrogen (secondary N) is 2. The topological polar surface area (TPSA) is 94.9 Å². The van der Waals surface area contributed by atoms with E-state index in [1.165, 1.54) is 6.39 Å². The number of oxazole rings is 1. The molecule has 0 saturated carbocycles. The van der Waals surface area contributed by atoms with Gasteiger partial charge < -0.3 is 19.5 Å². The Kier molecular flexibility index (Phi) is 2.27. The van der Waals surface area contributed by atoms with E-state index in [0.717, 1.165) is 0 Å². The van der Waals surface area contributed by atoms with E-state index in [1.54, 1.807) is 18.2 Å². The number of carboxylic acid groups (broad SMARTS) is 1. The van der Waals surface area contributed by atoms with Crippen molar-refractivity contribution in [2.24, 2.45) is 0 Å². The molecular formula is C11H7N3O3S. The summed E-state index contributed by atoms with van der Waals surface area (Å²) in [5.41, 5.74) is 2.42. The molecule has 0 radical (unpaired) electrons. The van der Waals surface area contributed by atoms with E-state index in [0.29, 0.717) is 22.4 Å². The Morgan fingerprint density at radius 2 is 2.22 bits per heavy atom. The van der Waals surface area contributed by atoms with Crippen LogP contribution in [0.1, 0.15) is 10.5 Å². The highest BCUT2D eigenvalue weighted by Crippen LogP contribution is 2.24. The Morgan fingerprint density at radius 3 is 3.00 bits per heavy atom. The first kappa shape index (κ1) is 10.7. The van der Waals surface area contributed by atoms with Crippen LogP contribution in [0.3, 0.4) is 0 Å². The van der Waals surface area contributed by atoms with Gasteiger partial charge in [0, 0.05) is 5.56 Å². The van der Waals surface area contributed by atoms with Crippen LogP contribution in [0, 0.1) is 4.77 Å². The fraction of sp³-hybridized carbons (Fsp3) is 0. The van der Waals surface area contributed by atoms with Crippen molar-refractivity contribution in [1.82, 2.24) is 15.0 Å². The number of carbonyl (C=O) groups is 1. The van der Waals surface area contributed by atoms with Crippen LogP contribution in [0.5, 0.6) is 0 Å². The van der Waals surface area contributed by atoms with Gasteiger partial charge in [0.1, 0.15) is 5.52 Å². The number of hydrogen-bond donors (Lipinski definition) is 3. The van der Waals surface area contributed by atoms with E-state index in [4.69, 9.17) is 21.7 Å². The number of benzene rings is 1. The van der Waals surface area contributed by atoms with Crippen molar-refractivity contribution < 1.29 is 14.3 Å². The molecule has 0 saturated heterocycles. The van der Waals surface area contributed by atoms with Gasteiger partial charge in [-0.05, 0) is 24.4 Å². The molecule has 0 fully saturated rings. The third-order valence-corrected chi connectivity index (χ3v) is 2.76. The van der Waals surface area contributed by atoms with Gasteiger partial charge in [0.25, 0.3) is 0 Å². The molecule has 6 nitrogen and oxygen atoms in total. The molecule has 7 heteroatoms. The zero-order valence-corrected chi connectivity index (χ0v) is 9.75. The highest BCUT2D eigenvalue weighted by molar-refractivity contribution is 7.71. The molecule has 18 heavy (non-hydrogen) atoms. The summed E-state index contributed by atoms with van der Waals surface area (Å²) in [5.74, 6) is -1.07. The summed E-state index contributed by atoms with van der Waals surface area (Å²) in [4.78, 5) is 20.5. The van der Waals surface area contributed by atoms with Gasteiger partial charge in [0.05, 0.1) is 5.69 Å². The minimum atomic E-state index is -1.07. The second-order valence-electron chi connectivity index (χ2n) is 3.67. The molecule has 3 N–H and O–H groups in total. The number of imidazole rings is 1. The lowest BCUT2D eigenvalue weighted by molar-refractivity contribution is 0.0692. The Bertz CT molecular complexity index is 799. The third-order valence-electron chi connectivity index (χ3n) is 2.56. The van der Waals surface area contributed by atoms with Gasteiger partial charge in [-0.1, -0.05) is 6.07 Å². The van der Waals surface area contributed by atoms with Crippen molar-refractivity contribution in [3.05, 3.63) is 35.1 Å². The van der Waals surface area contributed by atoms with Gasteiger partial charge in [-0.15, -0.1) is 0 Å². The van der Waals surface area contributed by atoms with Crippen LogP contribution in [0.4, 0.5) is 0 Å². The minimum Gasteiger partial charge on any atom is -0.477 e. The van der Waals surface area contributed by atoms with E-state index < -0.39 is 5.97 Å². The molecule has 2 aromatic heterocycles. The molecule has 0 spiro atoms. The molecule has 3 aromatic rings. The maximum Gasteiger partial charge on any atom is 0.354 e. The Balaban J connectivity index is 2.24. The van der Waals surface area contributed by atoms with E-state index in [2.05, 4.69) is 15.0 Å². The highest BCUT2D eigenvalue weighted by Gasteiger charge is 2.15.